The van der Waals surface area contributed by atoms with Gasteiger partial charge in [0.25, 0.3) is 0 Å². The standard InChI is InChI=1S/C15H25NO3/c1-13-5-3-6-15(14(13)2)19-9-4-8-17-11-12-18-10-7-16/h3,5-6H,4,7-12,16H2,1-2H3. The molecule has 0 unspecified atom stereocenters. The highest BCUT2D eigenvalue weighted by Crippen LogP contribution is 2.20. The third-order valence-corrected chi connectivity index (χ3v) is 2.88. The molecule has 0 amide bonds. The van der Waals surface area contributed by atoms with Crippen molar-refractivity contribution in [3.8, 4) is 5.75 Å². The first-order chi connectivity index (χ1) is 9.25. The van der Waals surface area contributed by atoms with Crippen LogP contribution in [0.2, 0.25) is 0 Å². The lowest BCUT2D eigenvalue weighted by Crippen LogP contribution is -2.13. The molecule has 0 heterocycles. The molecule has 2 N–H and O–H groups in total. The normalized spacial score (nSPS) is 10.7. The highest BCUT2D eigenvalue weighted by molar-refractivity contribution is 5.38. The van der Waals surface area contributed by atoms with E-state index in [1.165, 1.54) is 11.1 Å². The van der Waals surface area contributed by atoms with Gasteiger partial charge in [-0.3, -0.25) is 0 Å². The zero-order valence-electron chi connectivity index (χ0n) is 12.0. The summed E-state index contributed by atoms with van der Waals surface area (Å²) >= 11 is 0. The molecule has 0 aromatic heterocycles. The molecule has 0 saturated carbocycles. The zero-order chi connectivity index (χ0) is 13.9. The van der Waals surface area contributed by atoms with Gasteiger partial charge in [-0.2, -0.15) is 0 Å². The van der Waals surface area contributed by atoms with Crippen molar-refractivity contribution < 1.29 is 14.2 Å². The number of benzene rings is 1. The van der Waals surface area contributed by atoms with Gasteiger partial charge in [-0.15, -0.1) is 0 Å². The smallest absolute Gasteiger partial charge is 0.122 e. The van der Waals surface area contributed by atoms with Gasteiger partial charge in [0, 0.05) is 19.6 Å². The Bertz CT molecular complexity index is 355. The van der Waals surface area contributed by atoms with Gasteiger partial charge in [-0.25, -0.2) is 0 Å². The second-order valence-electron chi connectivity index (χ2n) is 4.41. The molecule has 1 aromatic rings. The van der Waals surface area contributed by atoms with Crippen molar-refractivity contribution in [1.82, 2.24) is 0 Å². The topological polar surface area (TPSA) is 53.7 Å². The summed E-state index contributed by atoms with van der Waals surface area (Å²) in [6.07, 6.45) is 0.879. The summed E-state index contributed by atoms with van der Waals surface area (Å²) in [5.74, 6) is 0.964. The largest absolute Gasteiger partial charge is 0.493 e. The third-order valence-electron chi connectivity index (χ3n) is 2.88. The zero-order valence-corrected chi connectivity index (χ0v) is 12.0. The van der Waals surface area contributed by atoms with Crippen LogP contribution in [0.15, 0.2) is 18.2 Å². The van der Waals surface area contributed by atoms with Gasteiger partial charge in [0.2, 0.25) is 0 Å². The van der Waals surface area contributed by atoms with Gasteiger partial charge >= 0.3 is 0 Å². The van der Waals surface area contributed by atoms with Crippen LogP contribution in [0.1, 0.15) is 17.5 Å². The van der Waals surface area contributed by atoms with Crippen molar-refractivity contribution >= 4 is 0 Å². The molecule has 0 aliphatic carbocycles. The average molecular weight is 267 g/mol. The molecule has 0 spiro atoms. The van der Waals surface area contributed by atoms with E-state index < -0.39 is 0 Å². The van der Waals surface area contributed by atoms with Gasteiger partial charge in [0.05, 0.1) is 26.4 Å². The lowest BCUT2D eigenvalue weighted by Gasteiger charge is -2.11. The van der Waals surface area contributed by atoms with E-state index in [1.54, 1.807) is 0 Å². The summed E-state index contributed by atoms with van der Waals surface area (Å²) in [4.78, 5) is 0. The van der Waals surface area contributed by atoms with Crippen LogP contribution < -0.4 is 10.5 Å². The van der Waals surface area contributed by atoms with Crippen molar-refractivity contribution in [3.05, 3.63) is 29.3 Å². The minimum absolute atomic E-state index is 0.559. The van der Waals surface area contributed by atoms with Crippen LogP contribution in [0.4, 0.5) is 0 Å². The van der Waals surface area contributed by atoms with Crippen LogP contribution in [0.3, 0.4) is 0 Å². The first-order valence-electron chi connectivity index (χ1n) is 6.80. The Morgan fingerprint density at radius 2 is 1.68 bits per heavy atom. The molecule has 0 fully saturated rings. The maximum Gasteiger partial charge on any atom is 0.122 e. The minimum atomic E-state index is 0.559. The van der Waals surface area contributed by atoms with Crippen molar-refractivity contribution in [3.63, 3.8) is 0 Å². The number of hydrogen-bond donors (Lipinski definition) is 1. The van der Waals surface area contributed by atoms with Crippen LogP contribution in [0.25, 0.3) is 0 Å². The van der Waals surface area contributed by atoms with Crippen LogP contribution >= 0.6 is 0 Å². The summed E-state index contributed by atoms with van der Waals surface area (Å²) in [7, 11) is 0. The molecule has 0 aliphatic rings. The maximum atomic E-state index is 5.73. The van der Waals surface area contributed by atoms with Crippen LogP contribution in [0.5, 0.6) is 5.75 Å². The maximum absolute atomic E-state index is 5.73. The van der Waals surface area contributed by atoms with E-state index in [0.717, 1.165) is 12.2 Å². The van der Waals surface area contributed by atoms with Crippen LogP contribution in [-0.4, -0.2) is 39.6 Å². The third kappa shape index (κ3) is 6.57. The van der Waals surface area contributed by atoms with Gasteiger partial charge < -0.3 is 19.9 Å². The quantitative estimate of drug-likeness (QED) is 0.659. The first-order valence-corrected chi connectivity index (χ1v) is 6.80. The van der Waals surface area contributed by atoms with Crippen molar-refractivity contribution in [2.24, 2.45) is 5.73 Å². The second-order valence-corrected chi connectivity index (χ2v) is 4.41. The second kappa shape index (κ2) is 9.78. The van der Waals surface area contributed by atoms with E-state index in [2.05, 4.69) is 19.9 Å². The Labute approximate surface area is 115 Å². The Morgan fingerprint density at radius 1 is 0.947 bits per heavy atom. The summed E-state index contributed by atoms with van der Waals surface area (Å²) in [5.41, 5.74) is 7.77. The summed E-state index contributed by atoms with van der Waals surface area (Å²) in [6, 6.07) is 6.11. The molecule has 0 saturated heterocycles. The molecular weight excluding hydrogens is 242 g/mol. The van der Waals surface area contributed by atoms with Gasteiger partial charge in [-0.05, 0) is 31.0 Å². The Kier molecular flexibility index (Phi) is 8.21. The van der Waals surface area contributed by atoms with E-state index in [1.807, 2.05) is 12.1 Å². The van der Waals surface area contributed by atoms with Crippen LogP contribution in [-0.2, 0) is 9.47 Å². The van der Waals surface area contributed by atoms with E-state index in [-0.39, 0.29) is 0 Å². The molecule has 0 aliphatic heterocycles. The van der Waals surface area contributed by atoms with Crippen molar-refractivity contribution in [2.45, 2.75) is 20.3 Å². The fourth-order valence-corrected chi connectivity index (χ4v) is 1.63. The molecule has 1 aromatic carbocycles. The lowest BCUT2D eigenvalue weighted by atomic mass is 10.1. The highest BCUT2D eigenvalue weighted by Gasteiger charge is 2.01. The van der Waals surface area contributed by atoms with Crippen LogP contribution in [0, 0.1) is 13.8 Å². The van der Waals surface area contributed by atoms with E-state index in [9.17, 15) is 0 Å². The van der Waals surface area contributed by atoms with Crippen molar-refractivity contribution in [2.75, 3.05) is 39.6 Å². The molecule has 4 nitrogen and oxygen atoms in total. The Balaban J connectivity index is 2.03. The van der Waals surface area contributed by atoms with Gasteiger partial charge in [-0.1, -0.05) is 12.1 Å². The molecular formula is C15H25NO3. The SMILES string of the molecule is Cc1cccc(OCCCOCCOCCN)c1C. The summed E-state index contributed by atoms with van der Waals surface area (Å²) in [5, 5.41) is 0. The highest BCUT2D eigenvalue weighted by atomic mass is 16.5. The van der Waals surface area contributed by atoms with E-state index in [4.69, 9.17) is 19.9 Å². The fourth-order valence-electron chi connectivity index (χ4n) is 1.63. The first kappa shape index (κ1) is 16.0. The number of nitrogens with two attached hydrogens (primary N) is 1. The molecule has 0 radical (unpaired) electrons. The Hall–Kier alpha value is -1.10. The molecule has 108 valence electrons. The monoisotopic (exact) mass is 267 g/mol. The molecule has 19 heavy (non-hydrogen) atoms. The van der Waals surface area contributed by atoms with Gasteiger partial charge in [0.1, 0.15) is 5.75 Å². The predicted octanol–water partition coefficient (Wildman–Crippen LogP) is 2.06. The fraction of sp³-hybridized carbons (Fsp3) is 0.600. The van der Waals surface area contributed by atoms with Gasteiger partial charge in [0.15, 0.2) is 0 Å². The summed E-state index contributed by atoms with van der Waals surface area (Å²) < 4.78 is 16.4. The van der Waals surface area contributed by atoms with E-state index in [0.29, 0.717) is 39.6 Å². The van der Waals surface area contributed by atoms with E-state index >= 15 is 0 Å². The molecule has 1 rings (SSSR count). The number of hydrogen-bond acceptors (Lipinski definition) is 4. The average Bonchev–Trinajstić information content (AvgIpc) is 2.41. The Morgan fingerprint density at radius 3 is 2.42 bits per heavy atom. The summed E-state index contributed by atoms with van der Waals surface area (Å²) in [6.45, 7) is 7.91. The van der Waals surface area contributed by atoms with Crippen molar-refractivity contribution in [1.29, 1.82) is 0 Å². The molecule has 0 atom stereocenters. The minimum Gasteiger partial charge on any atom is -0.493 e. The predicted molar refractivity (Wildman–Crippen MR) is 76.7 cm³/mol. The lowest BCUT2D eigenvalue weighted by molar-refractivity contribution is 0.0463. The number of aryl methyl sites for hydroxylation is 1. The molecule has 0 bridgehead atoms. The molecule has 4 heteroatoms. The number of ether oxygens (including phenoxy) is 3. The number of rotatable bonds is 10.